The molecule has 2 N–H and O–H groups in total. The maximum atomic E-state index is 14.9. The van der Waals surface area contributed by atoms with Crippen LogP contribution in [0.15, 0.2) is 42.6 Å². The molecule has 2 amide bonds. The second kappa shape index (κ2) is 12.9. The number of anilines is 2. The van der Waals surface area contributed by atoms with Gasteiger partial charge in [0.15, 0.2) is 5.82 Å². The number of hydrogen-bond acceptors (Lipinski definition) is 5. The maximum Gasteiger partial charge on any atom is 0.416 e. The van der Waals surface area contributed by atoms with Crippen molar-refractivity contribution in [2.75, 3.05) is 43.9 Å². The monoisotopic (exact) mass is 627 g/mol. The van der Waals surface area contributed by atoms with E-state index in [1.54, 1.807) is 6.92 Å². The highest BCUT2D eigenvalue weighted by Gasteiger charge is 2.34. The molecule has 7 nitrogen and oxygen atoms in total. The third kappa shape index (κ3) is 7.75. The lowest BCUT2D eigenvalue weighted by molar-refractivity contribution is -0.138. The number of likely N-dealkylation sites (N-methyl/N-ethyl adjacent to an activating group) is 1. The molecule has 1 aromatic heterocycles. The van der Waals surface area contributed by atoms with Crippen LogP contribution in [0.5, 0.6) is 0 Å². The van der Waals surface area contributed by atoms with Gasteiger partial charge in [-0.05, 0) is 68.3 Å². The summed E-state index contributed by atoms with van der Waals surface area (Å²) in [6, 6.07) is 7.53. The molecule has 44 heavy (non-hydrogen) atoms. The number of pyridine rings is 1. The van der Waals surface area contributed by atoms with Gasteiger partial charge in [-0.15, -0.1) is 0 Å². The van der Waals surface area contributed by atoms with Crippen molar-refractivity contribution < 1.29 is 27.2 Å². The van der Waals surface area contributed by atoms with Crippen molar-refractivity contribution in [3.05, 3.63) is 86.8 Å². The molecule has 230 valence electrons. The smallest absolute Gasteiger partial charge is 0.322 e. The Bertz CT molecular complexity index is 1650. The summed E-state index contributed by atoms with van der Waals surface area (Å²) >= 11 is 6.26. The number of halogens is 5. The van der Waals surface area contributed by atoms with Crippen LogP contribution in [0, 0.1) is 30.5 Å². The van der Waals surface area contributed by atoms with Crippen molar-refractivity contribution >= 4 is 34.9 Å². The number of amides is 2. The van der Waals surface area contributed by atoms with Crippen LogP contribution < -0.4 is 10.6 Å². The molecule has 2 aromatic carbocycles. The number of carbonyl (C=O) groups excluding carboxylic acids is 2. The van der Waals surface area contributed by atoms with Crippen LogP contribution in [-0.2, 0) is 17.5 Å². The molecule has 1 saturated heterocycles. The quantitative estimate of drug-likeness (QED) is 0.261. The Labute approximate surface area is 257 Å². The van der Waals surface area contributed by atoms with E-state index in [-0.39, 0.29) is 46.0 Å². The molecule has 0 atom stereocenters. The Morgan fingerprint density at radius 1 is 1.05 bits per heavy atom. The lowest BCUT2D eigenvalue weighted by Crippen LogP contribution is -2.44. The predicted molar refractivity (Wildman–Crippen MR) is 160 cm³/mol. The lowest BCUT2D eigenvalue weighted by atomic mass is 10.0. The summed E-state index contributed by atoms with van der Waals surface area (Å²) in [5, 5.41) is 5.28. The van der Waals surface area contributed by atoms with E-state index in [0.717, 1.165) is 38.1 Å². The highest BCUT2D eigenvalue weighted by atomic mass is 35.5. The second-order valence-electron chi connectivity index (χ2n) is 11.1. The van der Waals surface area contributed by atoms with Crippen molar-refractivity contribution in [2.24, 2.45) is 5.92 Å². The van der Waals surface area contributed by atoms with Gasteiger partial charge in [-0.25, -0.2) is 9.37 Å². The molecule has 1 saturated carbocycles. The molecule has 1 aliphatic carbocycles. The Balaban J connectivity index is 1.33. The molecule has 0 unspecified atom stereocenters. The first-order valence-corrected chi connectivity index (χ1v) is 14.5. The second-order valence-corrected chi connectivity index (χ2v) is 11.5. The summed E-state index contributed by atoms with van der Waals surface area (Å²) in [4.78, 5) is 33.3. The van der Waals surface area contributed by atoms with Crippen LogP contribution in [0.1, 0.15) is 51.0 Å². The van der Waals surface area contributed by atoms with E-state index in [0.29, 0.717) is 29.8 Å². The van der Waals surface area contributed by atoms with E-state index in [1.165, 1.54) is 30.5 Å². The van der Waals surface area contributed by atoms with E-state index in [9.17, 15) is 27.2 Å². The molecule has 1 aliphatic heterocycles. The standard InChI is InChI=1S/C32H30ClF4N5O2/c1-19-13-28(34)25(15-22(19)4-3-20-14-27(33)29(38-17-20)40-30(43)21-5-6-21)31(44)39-24-8-7-23(26(16-24)32(35,36)37)18-42-11-9-41(2)10-12-42/h7-8,13-17,21H,5-6,9-12,18H2,1-2H3,(H,39,44)(H,38,40,43). The maximum absolute atomic E-state index is 14.9. The number of hydrogen-bond donors (Lipinski definition) is 2. The highest BCUT2D eigenvalue weighted by molar-refractivity contribution is 6.33. The van der Waals surface area contributed by atoms with Gasteiger partial charge in [-0.3, -0.25) is 14.5 Å². The number of piperazine rings is 1. The van der Waals surface area contributed by atoms with Crippen LogP contribution in [0.3, 0.4) is 0 Å². The molecule has 0 bridgehead atoms. The van der Waals surface area contributed by atoms with Crippen molar-refractivity contribution in [2.45, 2.75) is 32.5 Å². The Morgan fingerprint density at radius 2 is 1.77 bits per heavy atom. The minimum absolute atomic E-state index is 0.0154. The van der Waals surface area contributed by atoms with Crippen molar-refractivity contribution in [1.82, 2.24) is 14.8 Å². The largest absolute Gasteiger partial charge is 0.416 e. The molecule has 2 heterocycles. The normalized spacial score (nSPS) is 15.8. The minimum Gasteiger partial charge on any atom is -0.322 e. The van der Waals surface area contributed by atoms with E-state index < -0.39 is 23.5 Å². The number of nitrogens with one attached hydrogen (secondary N) is 2. The third-order valence-corrected chi connectivity index (χ3v) is 7.88. The van der Waals surface area contributed by atoms with Gasteiger partial charge in [0.25, 0.3) is 5.91 Å². The third-order valence-electron chi connectivity index (χ3n) is 7.59. The van der Waals surface area contributed by atoms with E-state index >= 15 is 0 Å². The summed E-state index contributed by atoms with van der Waals surface area (Å²) in [7, 11) is 1.97. The van der Waals surface area contributed by atoms with E-state index in [4.69, 9.17) is 11.6 Å². The van der Waals surface area contributed by atoms with Crippen molar-refractivity contribution in [3.8, 4) is 11.8 Å². The van der Waals surface area contributed by atoms with Gasteiger partial charge in [0.05, 0.1) is 16.1 Å². The fourth-order valence-corrected chi connectivity index (χ4v) is 5.00. The molecule has 12 heteroatoms. The van der Waals surface area contributed by atoms with Crippen molar-refractivity contribution in [3.63, 3.8) is 0 Å². The predicted octanol–water partition coefficient (Wildman–Crippen LogP) is 5.95. The van der Waals surface area contributed by atoms with Crippen LogP contribution in [0.2, 0.25) is 5.02 Å². The first-order chi connectivity index (χ1) is 20.9. The topological polar surface area (TPSA) is 77.6 Å². The van der Waals surface area contributed by atoms with Gasteiger partial charge in [0.2, 0.25) is 5.91 Å². The molecular formula is C32H30ClF4N5O2. The number of rotatable bonds is 6. The highest BCUT2D eigenvalue weighted by Crippen LogP contribution is 2.35. The summed E-state index contributed by atoms with van der Waals surface area (Å²) in [5.41, 5.74) is -0.0205. The Morgan fingerprint density at radius 3 is 2.43 bits per heavy atom. The van der Waals surface area contributed by atoms with Crippen LogP contribution in [0.4, 0.5) is 29.1 Å². The molecule has 2 aliphatic rings. The van der Waals surface area contributed by atoms with Gasteiger partial charge in [-0.1, -0.05) is 29.5 Å². The van der Waals surface area contributed by atoms with Crippen molar-refractivity contribution in [1.29, 1.82) is 0 Å². The number of carbonyl (C=O) groups is 2. The van der Waals surface area contributed by atoms with Gasteiger partial charge >= 0.3 is 6.18 Å². The average molecular weight is 628 g/mol. The number of nitrogens with zero attached hydrogens (tertiary/aromatic N) is 3. The molecule has 0 spiro atoms. The molecular weight excluding hydrogens is 598 g/mol. The van der Waals surface area contributed by atoms with Gasteiger partial charge in [-0.2, -0.15) is 13.2 Å². The minimum atomic E-state index is -4.64. The zero-order chi connectivity index (χ0) is 31.6. The van der Waals surface area contributed by atoms with Gasteiger partial charge in [0, 0.05) is 61.7 Å². The number of aryl methyl sites for hydroxylation is 1. The molecule has 5 rings (SSSR count). The summed E-state index contributed by atoms with van der Waals surface area (Å²) in [6.45, 7) is 4.58. The summed E-state index contributed by atoms with van der Waals surface area (Å²) in [5.74, 6) is 4.06. The van der Waals surface area contributed by atoms with E-state index in [1.807, 2.05) is 11.9 Å². The first-order valence-electron chi connectivity index (χ1n) is 14.1. The van der Waals surface area contributed by atoms with Gasteiger partial charge < -0.3 is 15.5 Å². The molecule has 3 aromatic rings. The lowest BCUT2D eigenvalue weighted by Gasteiger charge is -2.33. The van der Waals surface area contributed by atoms with Crippen LogP contribution in [-0.4, -0.2) is 59.8 Å². The average Bonchev–Trinajstić information content (AvgIpc) is 3.81. The zero-order valence-corrected chi connectivity index (χ0v) is 24.9. The van der Waals surface area contributed by atoms with Gasteiger partial charge in [0.1, 0.15) is 5.82 Å². The molecule has 0 radical (unpaired) electrons. The summed E-state index contributed by atoms with van der Waals surface area (Å²) < 4.78 is 56.8. The fraction of sp³-hybridized carbons (Fsp3) is 0.344. The van der Waals surface area contributed by atoms with Crippen LogP contribution in [0.25, 0.3) is 0 Å². The zero-order valence-electron chi connectivity index (χ0n) is 24.1. The molecule has 2 fully saturated rings. The Kier molecular flexibility index (Phi) is 9.25. The van der Waals surface area contributed by atoms with Crippen LogP contribution >= 0.6 is 11.6 Å². The first kappa shape index (κ1) is 31.4. The number of benzene rings is 2. The van der Waals surface area contributed by atoms with E-state index in [2.05, 4.69) is 32.4 Å². The number of aromatic nitrogens is 1. The SMILES string of the molecule is Cc1cc(F)c(C(=O)Nc2ccc(CN3CCN(C)CC3)c(C(F)(F)F)c2)cc1C#Cc1cnc(NC(=O)C2CC2)c(Cl)c1. The fourth-order valence-electron chi connectivity index (χ4n) is 4.78. The summed E-state index contributed by atoms with van der Waals surface area (Å²) in [6.07, 6.45) is -1.54. The number of alkyl halides is 3. The Hall–Kier alpha value is -3.98.